The van der Waals surface area contributed by atoms with Crippen molar-refractivity contribution in [3.63, 3.8) is 0 Å². The van der Waals surface area contributed by atoms with Gasteiger partial charge in [0.15, 0.2) is 5.13 Å². The van der Waals surface area contributed by atoms with Crippen LogP contribution in [-0.4, -0.2) is 126 Å². The third-order valence-electron chi connectivity index (χ3n) is 16.6. The summed E-state index contributed by atoms with van der Waals surface area (Å²) in [7, 11) is 0. The number of hydrazine groups is 1. The Morgan fingerprint density at radius 3 is 2.55 bits per heavy atom. The summed E-state index contributed by atoms with van der Waals surface area (Å²) in [5.74, 6) is 7.82. The van der Waals surface area contributed by atoms with Gasteiger partial charge in [0.25, 0.3) is 23.6 Å². The number of rotatable bonds is 24. The molecule has 3 aromatic carbocycles. The number of piperidine rings is 1. The minimum atomic E-state index is -0.812. The number of pyridine rings is 1. The number of para-hydroxylation sites is 1. The first-order valence-corrected chi connectivity index (χ1v) is 31.0. The molecule has 10 N–H and O–H groups in total. The Bertz CT molecular complexity index is 3310. The van der Waals surface area contributed by atoms with Crippen LogP contribution >= 0.6 is 23.3 Å². The number of hydrogen-bond acceptors (Lipinski definition) is 18. The lowest BCUT2D eigenvalue weighted by atomic mass is 9.59. The van der Waals surface area contributed by atoms with E-state index in [0.717, 1.165) is 62.6 Å². The number of aromatic nitrogens is 2. The molecule has 3 fully saturated rings. The maximum absolute atomic E-state index is 14.4. The van der Waals surface area contributed by atoms with Gasteiger partial charge in [0.1, 0.15) is 17.6 Å². The Hall–Kier alpha value is -7.37. The zero-order valence-corrected chi connectivity index (χ0v) is 49.8. The molecule has 3 atom stereocenters. The molecule has 2 saturated carbocycles. The molecule has 20 nitrogen and oxygen atoms in total. The molecule has 84 heavy (non-hydrogen) atoms. The Morgan fingerprint density at radius 2 is 1.75 bits per heavy atom. The Kier molecular flexibility index (Phi) is 19.3. The molecule has 444 valence electrons. The van der Waals surface area contributed by atoms with Gasteiger partial charge in [-0.3, -0.25) is 43.9 Å². The van der Waals surface area contributed by atoms with Crippen molar-refractivity contribution in [2.24, 2.45) is 45.5 Å². The number of aliphatic imine (C=N–C) groups is 1. The molecule has 5 aromatic rings. The van der Waals surface area contributed by atoms with E-state index in [4.69, 9.17) is 36.8 Å². The van der Waals surface area contributed by atoms with E-state index in [2.05, 4.69) is 50.5 Å². The molecular weight excluding hydrogens is 1100 g/mol. The van der Waals surface area contributed by atoms with Gasteiger partial charge in [0, 0.05) is 85.5 Å². The Labute approximate surface area is 498 Å². The van der Waals surface area contributed by atoms with Gasteiger partial charge < -0.3 is 41.5 Å². The highest BCUT2D eigenvalue weighted by Crippen LogP contribution is 2.50. The van der Waals surface area contributed by atoms with Crippen LogP contribution in [0.2, 0.25) is 0 Å². The van der Waals surface area contributed by atoms with Crippen molar-refractivity contribution in [2.75, 3.05) is 80.4 Å². The predicted octanol–water partition coefficient (Wildman–Crippen LogP) is 7.88. The first-order valence-electron chi connectivity index (χ1n) is 29.2. The fourth-order valence-corrected chi connectivity index (χ4v) is 14.4. The quantitative estimate of drug-likeness (QED) is 0.00773. The summed E-state index contributed by atoms with van der Waals surface area (Å²) in [5.41, 5.74) is 19.8. The Balaban J connectivity index is 0.715. The first kappa shape index (κ1) is 59.8. The number of carbonyl (C=O) groups excluding carboxylic acids is 5. The second-order valence-electron chi connectivity index (χ2n) is 23.2. The van der Waals surface area contributed by atoms with Gasteiger partial charge in [-0.2, -0.15) is 0 Å². The minimum absolute atomic E-state index is 0.0944. The molecule has 2 aromatic heterocycles. The number of imide groups is 1. The van der Waals surface area contributed by atoms with Crippen LogP contribution < -0.4 is 42.9 Å². The van der Waals surface area contributed by atoms with Gasteiger partial charge in [-0.1, -0.05) is 67.5 Å². The number of allylic oxidation sites excluding steroid dienone is 1. The molecule has 5 aliphatic rings. The van der Waals surface area contributed by atoms with Gasteiger partial charge in [0.2, 0.25) is 5.91 Å². The molecule has 0 spiro atoms. The van der Waals surface area contributed by atoms with Crippen LogP contribution in [0.3, 0.4) is 0 Å². The highest BCUT2D eigenvalue weighted by Gasteiger charge is 2.45. The van der Waals surface area contributed by atoms with Crippen molar-refractivity contribution in [2.45, 2.75) is 91.1 Å². The van der Waals surface area contributed by atoms with E-state index in [1.54, 1.807) is 24.4 Å². The molecule has 2 bridgehead atoms. The number of nitrogens with one attached hydrogen (secondary N) is 4. The number of ether oxygens (including phenoxy) is 2. The zero-order valence-electron chi connectivity index (χ0n) is 48.1. The monoisotopic (exact) mass is 1180 g/mol. The molecule has 22 heteroatoms. The number of amides is 5. The first-order chi connectivity index (χ1) is 40.6. The van der Waals surface area contributed by atoms with Crippen LogP contribution in [0.5, 0.6) is 0 Å². The highest BCUT2D eigenvalue weighted by molar-refractivity contribution is 7.97. The normalized spacial score (nSPS) is 21.7. The van der Waals surface area contributed by atoms with E-state index in [9.17, 15) is 24.0 Å². The van der Waals surface area contributed by atoms with Crippen molar-refractivity contribution in [1.29, 1.82) is 0 Å². The number of benzene rings is 3. The molecule has 3 aliphatic heterocycles. The van der Waals surface area contributed by atoms with E-state index in [-0.39, 0.29) is 59.8 Å². The standard InChI is InChI=1S/C62H77N13O7S2/c1-38-28-40-30-41(29-38)32-62(3,31-40)37-68-39(2)47(33-63)44-17-18-53(73-23-19-42-10-6-11-45(48(42)35-73)56(76)71-61-69-49-13-4-5-16-52(49)84-61)70-55(44)58(78)72-83-27-9-22-74(65)34-43(64)36-82-26-25-81-24-21-66-50-14-7-12-46-54(50)60(80)75(59(46)79)51-15-8-20-67-57(51)77/h4-7,10-14,16-18,33-34,38,40-41,51,66H,8-9,15,19-32,35-37,63-65H2,1-3H3,(H,67,77)(H,72,78)(H,69,71,76)/b43-34-,47-33?,68-39?. The average molecular weight is 1180 g/mol. The fourth-order valence-electron chi connectivity index (χ4n) is 12.9. The third kappa shape index (κ3) is 14.1. The zero-order chi connectivity index (χ0) is 58.9. The number of carbonyl (C=O) groups is 5. The summed E-state index contributed by atoms with van der Waals surface area (Å²) in [5, 5.41) is 11.0. The molecule has 3 unspecified atom stereocenters. The molecule has 5 amide bonds. The number of hydrogen-bond donors (Lipinski definition) is 7. The number of fused-ring (bicyclic) bond motifs is 5. The second-order valence-corrected chi connectivity index (χ2v) is 25.1. The summed E-state index contributed by atoms with van der Waals surface area (Å²) in [6, 6.07) is 21.7. The summed E-state index contributed by atoms with van der Waals surface area (Å²) >= 11 is 2.69. The molecule has 1 saturated heterocycles. The fraction of sp³-hybridized carbons (Fsp3) is 0.452. The highest BCUT2D eigenvalue weighted by atomic mass is 32.2. The van der Waals surface area contributed by atoms with E-state index < -0.39 is 17.9 Å². The third-order valence-corrected chi connectivity index (χ3v) is 18.3. The lowest BCUT2D eigenvalue weighted by Gasteiger charge is -2.46. The van der Waals surface area contributed by atoms with E-state index in [1.165, 1.54) is 53.8 Å². The molecule has 2 aliphatic carbocycles. The summed E-state index contributed by atoms with van der Waals surface area (Å²) < 4.78 is 15.5. The molecule has 0 radical (unpaired) electrons. The summed E-state index contributed by atoms with van der Waals surface area (Å²) in [6.45, 7) is 10.8. The SMILES string of the molecule is CC(=NCC1(C)CC2CC(C)CC(C2)C1)C(=CN)c1ccc(N2CCc3cccc(C(=O)Nc4nc5ccccc5s4)c3C2)nc1C(=O)NSCCCN(N)/C=C(\N)COCCOCCNc1cccc2c1C(=O)N(C1CCCNC1=O)C2=O. The van der Waals surface area contributed by atoms with Crippen molar-refractivity contribution in [3.05, 3.63) is 130 Å². The topological polar surface area (TPSA) is 278 Å². The average Bonchev–Trinajstić information content (AvgIpc) is 2.54. The van der Waals surface area contributed by atoms with E-state index in [1.807, 2.05) is 55.5 Å². The summed E-state index contributed by atoms with van der Waals surface area (Å²) in [6.07, 6.45) is 11.8. The molecule has 10 rings (SSSR count). The van der Waals surface area contributed by atoms with Crippen LogP contribution in [0.15, 0.2) is 95.9 Å². The molecule has 5 heterocycles. The van der Waals surface area contributed by atoms with Crippen LogP contribution in [0.25, 0.3) is 15.8 Å². The predicted molar refractivity (Wildman–Crippen MR) is 331 cm³/mol. The number of thiazole rings is 1. The number of anilines is 3. The van der Waals surface area contributed by atoms with Crippen molar-refractivity contribution in [1.82, 2.24) is 29.9 Å². The van der Waals surface area contributed by atoms with Crippen molar-refractivity contribution in [3.8, 4) is 0 Å². The number of nitrogens with two attached hydrogens (primary N) is 3. The molecular formula is C62H77N13O7S2. The maximum Gasteiger partial charge on any atom is 0.280 e. The minimum Gasteiger partial charge on any atom is -0.404 e. The second kappa shape index (κ2) is 27.1. The van der Waals surface area contributed by atoms with Crippen LogP contribution in [0, 0.1) is 23.2 Å². The van der Waals surface area contributed by atoms with E-state index in [0.29, 0.717) is 116 Å². The van der Waals surface area contributed by atoms with Gasteiger partial charge in [-0.05, 0) is 141 Å². The van der Waals surface area contributed by atoms with Crippen molar-refractivity contribution >= 4 is 91.0 Å². The van der Waals surface area contributed by atoms with E-state index >= 15 is 0 Å². The van der Waals surface area contributed by atoms with Crippen molar-refractivity contribution < 1.29 is 33.4 Å². The largest absolute Gasteiger partial charge is 0.404 e. The summed E-state index contributed by atoms with van der Waals surface area (Å²) in [4.78, 5) is 85.5. The van der Waals surface area contributed by atoms with Gasteiger partial charge in [-0.15, -0.1) is 0 Å². The lowest BCUT2D eigenvalue weighted by molar-refractivity contribution is -0.126. The van der Waals surface area contributed by atoms with Gasteiger partial charge >= 0.3 is 0 Å². The Morgan fingerprint density at radius 1 is 0.952 bits per heavy atom. The van der Waals surface area contributed by atoms with Crippen LogP contribution in [0.4, 0.5) is 16.6 Å². The van der Waals surface area contributed by atoms with Crippen LogP contribution in [0.1, 0.15) is 130 Å². The van der Waals surface area contributed by atoms with Gasteiger partial charge in [-0.25, -0.2) is 15.8 Å². The number of nitrogens with zero attached hydrogens (tertiary/aromatic N) is 6. The smallest absolute Gasteiger partial charge is 0.280 e. The lowest BCUT2D eigenvalue weighted by Crippen LogP contribution is -2.52. The maximum atomic E-state index is 14.4. The van der Waals surface area contributed by atoms with Gasteiger partial charge in [0.05, 0.1) is 53.5 Å². The van der Waals surface area contributed by atoms with Crippen LogP contribution in [-0.2, 0) is 27.2 Å².